The number of nitrogens with zero attached hydrogens (tertiary/aromatic N) is 7. The van der Waals surface area contributed by atoms with Gasteiger partial charge in [-0.2, -0.15) is 5.10 Å². The molecule has 6 heterocycles. The maximum Gasteiger partial charge on any atom is 0.284 e. The van der Waals surface area contributed by atoms with E-state index in [4.69, 9.17) is 8.94 Å². The zero-order valence-electron chi connectivity index (χ0n) is 36.0. The molecule has 66 heavy (non-hydrogen) atoms. The molecule has 4 aromatic heterocycles. The summed E-state index contributed by atoms with van der Waals surface area (Å²) in [5, 5.41) is 22.1. The third-order valence-electron chi connectivity index (χ3n) is 13.1. The number of aromatic nitrogens is 5. The molecule has 0 radical (unpaired) electrons. The summed E-state index contributed by atoms with van der Waals surface area (Å²) in [5.74, 6) is -0.0959. The fourth-order valence-corrected chi connectivity index (χ4v) is 9.38. The molecule has 4 amide bonds. The Kier molecular flexibility index (Phi) is 13.1. The van der Waals surface area contributed by atoms with Gasteiger partial charge in [0.25, 0.3) is 12.3 Å². The lowest BCUT2D eigenvalue weighted by molar-refractivity contribution is -0.134. The van der Waals surface area contributed by atoms with E-state index in [0.29, 0.717) is 52.0 Å². The Balaban J connectivity index is 0.00000548. The van der Waals surface area contributed by atoms with Crippen LogP contribution in [0.4, 0.5) is 26.0 Å². The fourth-order valence-electron chi connectivity index (χ4n) is 9.38. The molecular formula is C46H50ClF2N11O6. The Hall–Kier alpha value is -6.31. The SMILES string of the molecule is Cl.O=C1CCC(c2noc3ccc4c(NC(=O)CN5CCN(CC6CCC(n7cc(NC(=O)c8coc(-c9ccnc(NCC%10CC%10)c9)n8)c(C(F)F)n7)CC6)CC5)cccc4c23)C(=O)N1. The standard InChI is InChI=1S/C46H49F2N11O6.ClH/c47-43(48)42-34(52-45(63)35-25-64-46(53-35)28-14-15-49-37(20-28)50-21-26-4-5-26)23-59(55-42)29-8-6-27(7-9-29)22-57-16-18-58(19-17-57)24-39(61)51-33-3-1-2-31-30(33)10-12-36-40(31)41(56-65-36)32-11-13-38(60)54-44(32)62;/h1-3,10,12,14-15,20,23,25-27,29,32,43H,4-9,11,13,16-19,21-22,24H2,(H,49,50)(H,51,61)(H,52,63)(H,54,60,62);1H. The zero-order chi connectivity index (χ0) is 44.6. The molecule has 2 saturated heterocycles. The van der Waals surface area contributed by atoms with Gasteiger partial charge in [-0.3, -0.25) is 34.1 Å². The number of oxazole rings is 1. The van der Waals surface area contributed by atoms with Gasteiger partial charge in [-0.05, 0) is 92.5 Å². The lowest BCUT2D eigenvalue weighted by Crippen LogP contribution is -2.49. The number of carbonyl (C=O) groups is 4. The Labute approximate surface area is 383 Å². The predicted molar refractivity (Wildman–Crippen MR) is 242 cm³/mol. The second-order valence-electron chi connectivity index (χ2n) is 17.7. The first-order chi connectivity index (χ1) is 31.6. The van der Waals surface area contributed by atoms with Crippen LogP contribution in [-0.4, -0.2) is 104 Å². The number of imide groups is 1. The highest BCUT2D eigenvalue weighted by Gasteiger charge is 2.33. The van der Waals surface area contributed by atoms with Crippen molar-refractivity contribution in [3.05, 3.63) is 78.2 Å². The smallest absolute Gasteiger partial charge is 0.284 e. The van der Waals surface area contributed by atoms with E-state index in [2.05, 4.69) is 51.3 Å². The molecule has 2 aromatic carbocycles. The first kappa shape index (κ1) is 44.9. The molecule has 4 fully saturated rings. The number of piperidine rings is 1. The van der Waals surface area contributed by atoms with E-state index in [1.54, 1.807) is 29.1 Å². The number of pyridine rings is 1. The molecule has 1 unspecified atom stereocenters. The highest BCUT2D eigenvalue weighted by atomic mass is 35.5. The number of piperazine rings is 1. The van der Waals surface area contributed by atoms with Gasteiger partial charge in [-0.15, -0.1) is 12.4 Å². The third-order valence-corrected chi connectivity index (χ3v) is 13.1. The maximum atomic E-state index is 14.2. The van der Waals surface area contributed by atoms with Gasteiger partial charge in [0.1, 0.15) is 17.8 Å². The van der Waals surface area contributed by atoms with Crippen molar-refractivity contribution in [3.8, 4) is 11.5 Å². The van der Waals surface area contributed by atoms with Gasteiger partial charge in [0.05, 0.1) is 29.6 Å². The summed E-state index contributed by atoms with van der Waals surface area (Å²) in [5.41, 5.74) is 1.71. The predicted octanol–water partition coefficient (Wildman–Crippen LogP) is 7.17. The van der Waals surface area contributed by atoms with Crippen LogP contribution in [0, 0.1) is 11.8 Å². The molecule has 10 rings (SSSR count). The van der Waals surface area contributed by atoms with Crippen molar-refractivity contribution >= 4 is 75.0 Å². The first-order valence-corrected chi connectivity index (χ1v) is 22.4. The lowest BCUT2D eigenvalue weighted by atomic mass is 9.85. The number of anilines is 3. The summed E-state index contributed by atoms with van der Waals surface area (Å²) in [7, 11) is 0. The molecule has 1 atom stereocenters. The van der Waals surface area contributed by atoms with Crippen LogP contribution in [0.2, 0.25) is 0 Å². The summed E-state index contributed by atoms with van der Waals surface area (Å²) < 4.78 is 41.2. The van der Waals surface area contributed by atoms with Crippen LogP contribution in [0.3, 0.4) is 0 Å². The molecule has 2 aliphatic carbocycles. The Morgan fingerprint density at radius 2 is 1.68 bits per heavy atom. The third kappa shape index (κ3) is 9.78. The maximum absolute atomic E-state index is 14.2. The minimum atomic E-state index is -2.88. The van der Waals surface area contributed by atoms with Crippen molar-refractivity contribution in [2.24, 2.45) is 11.8 Å². The average molecular weight is 926 g/mol. The van der Waals surface area contributed by atoms with E-state index in [1.165, 1.54) is 25.3 Å². The number of hydrogen-bond donors (Lipinski definition) is 4. The molecule has 17 nitrogen and oxygen atoms in total. The topological polar surface area (TPSA) is 206 Å². The van der Waals surface area contributed by atoms with E-state index >= 15 is 0 Å². The summed E-state index contributed by atoms with van der Waals surface area (Å²) in [6, 6.07) is 12.7. The summed E-state index contributed by atoms with van der Waals surface area (Å²) in [6.45, 7) is 5.13. The largest absolute Gasteiger partial charge is 0.444 e. The fraction of sp³-hybridized carbons (Fsp3) is 0.435. The van der Waals surface area contributed by atoms with E-state index in [-0.39, 0.29) is 60.5 Å². The number of nitrogens with one attached hydrogen (secondary N) is 4. The highest BCUT2D eigenvalue weighted by molar-refractivity contribution is 6.14. The van der Waals surface area contributed by atoms with Crippen LogP contribution in [0.5, 0.6) is 0 Å². The van der Waals surface area contributed by atoms with Crippen molar-refractivity contribution < 1.29 is 36.9 Å². The molecule has 0 spiro atoms. The quantitative estimate of drug-likeness (QED) is 0.0801. The number of benzene rings is 2. The van der Waals surface area contributed by atoms with E-state index in [1.807, 2.05) is 24.3 Å². The number of amides is 4. The highest BCUT2D eigenvalue weighted by Crippen LogP contribution is 2.38. The van der Waals surface area contributed by atoms with Gasteiger partial charge in [-0.1, -0.05) is 17.3 Å². The average Bonchev–Trinajstić information content (AvgIpc) is 3.62. The van der Waals surface area contributed by atoms with Crippen LogP contribution in [0.25, 0.3) is 33.2 Å². The van der Waals surface area contributed by atoms with Crippen molar-refractivity contribution in [2.75, 3.05) is 61.8 Å². The first-order valence-electron chi connectivity index (χ1n) is 22.4. The molecule has 4 N–H and O–H groups in total. The molecule has 0 bridgehead atoms. The van der Waals surface area contributed by atoms with Crippen LogP contribution in [-0.2, 0) is 14.4 Å². The molecular weight excluding hydrogens is 876 g/mol. The monoisotopic (exact) mass is 925 g/mol. The van der Waals surface area contributed by atoms with E-state index in [9.17, 15) is 28.0 Å². The van der Waals surface area contributed by atoms with Crippen molar-refractivity contribution in [3.63, 3.8) is 0 Å². The number of halogens is 3. The van der Waals surface area contributed by atoms with Crippen LogP contribution in [0.15, 0.2) is 70.1 Å². The van der Waals surface area contributed by atoms with Gasteiger partial charge >= 0.3 is 0 Å². The number of fused-ring (bicyclic) bond motifs is 3. The number of carbonyl (C=O) groups excluding carboxylic acids is 4. The van der Waals surface area contributed by atoms with Gasteiger partial charge in [0.2, 0.25) is 23.6 Å². The van der Waals surface area contributed by atoms with E-state index < -0.39 is 29.9 Å². The Morgan fingerprint density at radius 1 is 0.894 bits per heavy atom. The minimum Gasteiger partial charge on any atom is -0.444 e. The van der Waals surface area contributed by atoms with Gasteiger partial charge in [-0.25, -0.2) is 18.7 Å². The van der Waals surface area contributed by atoms with Gasteiger partial charge < -0.3 is 29.8 Å². The van der Waals surface area contributed by atoms with Crippen LogP contribution in [0.1, 0.15) is 91.6 Å². The van der Waals surface area contributed by atoms with Crippen LogP contribution >= 0.6 is 12.4 Å². The number of alkyl halides is 2. The normalized spacial score (nSPS) is 20.6. The number of hydrogen-bond acceptors (Lipinski definition) is 13. The summed E-state index contributed by atoms with van der Waals surface area (Å²) >= 11 is 0. The second-order valence-corrected chi connectivity index (χ2v) is 17.7. The van der Waals surface area contributed by atoms with Crippen molar-refractivity contribution in [1.29, 1.82) is 0 Å². The molecule has 346 valence electrons. The summed E-state index contributed by atoms with van der Waals surface area (Å²) in [6.07, 6.45) is 7.81. The minimum absolute atomic E-state index is 0. The second kappa shape index (κ2) is 19.3. The van der Waals surface area contributed by atoms with E-state index in [0.717, 1.165) is 75.7 Å². The Bertz CT molecular complexity index is 2760. The lowest BCUT2D eigenvalue weighted by Gasteiger charge is -2.38. The van der Waals surface area contributed by atoms with Crippen molar-refractivity contribution in [2.45, 2.75) is 69.8 Å². The van der Waals surface area contributed by atoms with Gasteiger partial charge in [0.15, 0.2) is 17.0 Å². The molecule has 4 aliphatic rings. The molecule has 2 saturated carbocycles. The number of rotatable bonds is 14. The molecule has 2 aliphatic heterocycles. The summed E-state index contributed by atoms with van der Waals surface area (Å²) in [4.78, 5) is 64.3. The van der Waals surface area contributed by atoms with Crippen molar-refractivity contribution in [1.82, 2.24) is 40.0 Å². The zero-order valence-corrected chi connectivity index (χ0v) is 36.8. The van der Waals surface area contributed by atoms with Crippen LogP contribution < -0.4 is 21.3 Å². The Morgan fingerprint density at radius 3 is 2.45 bits per heavy atom. The molecule has 6 aromatic rings. The molecule has 20 heteroatoms. The van der Waals surface area contributed by atoms with Gasteiger partial charge in [0, 0.05) is 74.7 Å².